The smallest absolute Gasteiger partial charge is 0.224 e. The minimum atomic E-state index is -1.25. The first-order valence-electron chi connectivity index (χ1n) is 7.03. The van der Waals surface area contributed by atoms with Crippen molar-refractivity contribution in [2.24, 2.45) is 0 Å². The first-order chi connectivity index (χ1) is 11.0. The number of benzene rings is 2. The van der Waals surface area contributed by atoms with E-state index < -0.39 is 17.7 Å². The average molecular weight is 321 g/mol. The molecule has 122 valence electrons. The zero-order chi connectivity index (χ0) is 16.8. The summed E-state index contributed by atoms with van der Waals surface area (Å²) in [7, 11) is 1.51. The minimum Gasteiger partial charge on any atom is -0.496 e. The van der Waals surface area contributed by atoms with E-state index in [2.05, 4.69) is 5.32 Å². The highest BCUT2D eigenvalue weighted by Crippen LogP contribution is 2.19. The molecule has 0 saturated heterocycles. The number of methoxy groups -OCH3 is 1. The molecule has 0 aliphatic rings. The number of carbonyl (C=O) groups is 1. The third-order valence-electron chi connectivity index (χ3n) is 3.36. The molecule has 0 bridgehead atoms. The second-order valence-electron chi connectivity index (χ2n) is 4.97. The van der Waals surface area contributed by atoms with E-state index in [-0.39, 0.29) is 24.4 Å². The lowest BCUT2D eigenvalue weighted by molar-refractivity contribution is -0.120. The molecule has 6 heteroatoms. The molecular weight excluding hydrogens is 304 g/mol. The van der Waals surface area contributed by atoms with Crippen LogP contribution >= 0.6 is 0 Å². The number of aliphatic hydroxyl groups is 1. The molecule has 2 N–H and O–H groups in total. The summed E-state index contributed by atoms with van der Waals surface area (Å²) in [6.07, 6.45) is -1.18. The van der Waals surface area contributed by atoms with Crippen LogP contribution in [-0.4, -0.2) is 24.7 Å². The van der Waals surface area contributed by atoms with Gasteiger partial charge in [0.15, 0.2) is 0 Å². The van der Waals surface area contributed by atoms with Crippen molar-refractivity contribution in [1.29, 1.82) is 0 Å². The van der Waals surface area contributed by atoms with E-state index in [9.17, 15) is 18.7 Å². The van der Waals surface area contributed by atoms with E-state index in [0.717, 1.165) is 12.1 Å². The molecule has 2 rings (SSSR count). The lowest BCUT2D eigenvalue weighted by Gasteiger charge is -2.14. The molecule has 0 aliphatic heterocycles. The molecule has 0 heterocycles. The van der Waals surface area contributed by atoms with Gasteiger partial charge in [-0.1, -0.05) is 24.3 Å². The summed E-state index contributed by atoms with van der Waals surface area (Å²) >= 11 is 0. The van der Waals surface area contributed by atoms with Crippen LogP contribution in [0.5, 0.6) is 5.75 Å². The lowest BCUT2D eigenvalue weighted by Crippen LogP contribution is -2.30. The van der Waals surface area contributed by atoms with E-state index in [4.69, 9.17) is 4.74 Å². The highest BCUT2D eigenvalue weighted by Gasteiger charge is 2.15. The van der Waals surface area contributed by atoms with Gasteiger partial charge in [0.25, 0.3) is 0 Å². The Morgan fingerprint density at radius 3 is 2.70 bits per heavy atom. The number of hydrogen-bond donors (Lipinski definition) is 2. The van der Waals surface area contributed by atoms with Crippen molar-refractivity contribution in [3.05, 3.63) is 65.2 Å². The Hall–Kier alpha value is -2.47. The molecule has 23 heavy (non-hydrogen) atoms. The molecule has 1 unspecified atom stereocenters. The zero-order valence-electron chi connectivity index (χ0n) is 12.6. The Morgan fingerprint density at radius 2 is 2.00 bits per heavy atom. The fraction of sp³-hybridized carbons (Fsp3) is 0.235. The predicted octanol–water partition coefficient (Wildman–Crippen LogP) is 2.37. The highest BCUT2D eigenvalue weighted by molar-refractivity contribution is 5.79. The number of ether oxygens (including phenoxy) is 1. The monoisotopic (exact) mass is 321 g/mol. The van der Waals surface area contributed by atoms with Gasteiger partial charge >= 0.3 is 0 Å². The second-order valence-corrected chi connectivity index (χ2v) is 4.97. The van der Waals surface area contributed by atoms with Crippen LogP contribution < -0.4 is 10.1 Å². The molecule has 0 aliphatic carbocycles. The Labute approximate surface area is 132 Å². The van der Waals surface area contributed by atoms with Crippen LogP contribution in [0.1, 0.15) is 17.2 Å². The lowest BCUT2D eigenvalue weighted by atomic mass is 10.1. The first-order valence-corrected chi connectivity index (χ1v) is 7.03. The summed E-state index contributed by atoms with van der Waals surface area (Å²) in [5, 5.41) is 12.4. The first kappa shape index (κ1) is 16.9. The van der Waals surface area contributed by atoms with Gasteiger partial charge in [0, 0.05) is 23.7 Å². The molecule has 0 spiro atoms. The largest absolute Gasteiger partial charge is 0.496 e. The third-order valence-corrected chi connectivity index (χ3v) is 3.36. The van der Waals surface area contributed by atoms with Crippen LogP contribution in [0.25, 0.3) is 0 Å². The molecule has 2 aromatic carbocycles. The number of carbonyl (C=O) groups excluding carboxylic acids is 1. The summed E-state index contributed by atoms with van der Waals surface area (Å²) in [5.74, 6) is -1.32. The van der Waals surface area contributed by atoms with Crippen molar-refractivity contribution >= 4 is 5.91 Å². The standard InChI is InChI=1S/C17H17F2NO3/c1-23-16-5-3-2-4-11(16)8-17(22)20-10-15(21)13-7-6-12(18)9-14(13)19/h2-7,9,15,21H,8,10H2,1H3,(H,20,22). The number of para-hydroxylation sites is 1. The number of nitrogens with one attached hydrogen (secondary N) is 1. The summed E-state index contributed by atoms with van der Waals surface area (Å²) < 4.78 is 31.5. The van der Waals surface area contributed by atoms with Gasteiger partial charge in [0.05, 0.1) is 19.6 Å². The number of amides is 1. The van der Waals surface area contributed by atoms with Gasteiger partial charge < -0.3 is 15.2 Å². The van der Waals surface area contributed by atoms with Gasteiger partial charge in [-0.25, -0.2) is 8.78 Å². The molecule has 0 saturated carbocycles. The molecule has 0 radical (unpaired) electrons. The van der Waals surface area contributed by atoms with Gasteiger partial charge in [-0.15, -0.1) is 0 Å². The van der Waals surface area contributed by atoms with Crippen LogP contribution in [0.4, 0.5) is 8.78 Å². The van der Waals surface area contributed by atoms with Crippen molar-refractivity contribution in [2.75, 3.05) is 13.7 Å². The summed E-state index contributed by atoms with van der Waals surface area (Å²) in [6, 6.07) is 9.98. The normalized spacial score (nSPS) is 11.8. The summed E-state index contributed by atoms with van der Waals surface area (Å²) in [6.45, 7) is -0.170. The van der Waals surface area contributed by atoms with Crippen molar-refractivity contribution < 1.29 is 23.4 Å². The van der Waals surface area contributed by atoms with Gasteiger partial charge in [-0.3, -0.25) is 4.79 Å². The third kappa shape index (κ3) is 4.50. The average Bonchev–Trinajstić information content (AvgIpc) is 2.53. The van der Waals surface area contributed by atoms with Crippen molar-refractivity contribution in [2.45, 2.75) is 12.5 Å². The predicted molar refractivity (Wildman–Crippen MR) is 81.0 cm³/mol. The van der Waals surface area contributed by atoms with Gasteiger partial charge in [0.1, 0.15) is 17.4 Å². The van der Waals surface area contributed by atoms with Crippen LogP contribution in [0, 0.1) is 11.6 Å². The molecule has 1 atom stereocenters. The minimum absolute atomic E-state index is 0.0657. The molecule has 0 aromatic heterocycles. The van der Waals surface area contributed by atoms with Crippen LogP contribution in [-0.2, 0) is 11.2 Å². The van der Waals surface area contributed by atoms with Crippen molar-refractivity contribution in [3.63, 3.8) is 0 Å². The number of hydrogen-bond acceptors (Lipinski definition) is 3. The second kappa shape index (κ2) is 7.69. The van der Waals surface area contributed by atoms with E-state index >= 15 is 0 Å². The van der Waals surface area contributed by atoms with Crippen molar-refractivity contribution in [3.8, 4) is 5.75 Å². The number of rotatable bonds is 6. The van der Waals surface area contributed by atoms with E-state index in [0.29, 0.717) is 17.4 Å². The molecule has 2 aromatic rings. The van der Waals surface area contributed by atoms with Gasteiger partial charge in [-0.2, -0.15) is 0 Å². The zero-order valence-corrected chi connectivity index (χ0v) is 12.6. The van der Waals surface area contributed by atoms with Crippen LogP contribution in [0.3, 0.4) is 0 Å². The van der Waals surface area contributed by atoms with Gasteiger partial charge in [0.2, 0.25) is 5.91 Å². The SMILES string of the molecule is COc1ccccc1CC(=O)NCC(O)c1ccc(F)cc1F. The Kier molecular flexibility index (Phi) is 5.65. The Bertz CT molecular complexity index is 691. The Morgan fingerprint density at radius 1 is 1.26 bits per heavy atom. The van der Waals surface area contributed by atoms with Gasteiger partial charge in [-0.05, 0) is 12.1 Å². The van der Waals surface area contributed by atoms with E-state index in [1.807, 2.05) is 0 Å². The fourth-order valence-electron chi connectivity index (χ4n) is 2.18. The molecule has 4 nitrogen and oxygen atoms in total. The number of halogens is 2. The molecule has 0 fully saturated rings. The van der Waals surface area contributed by atoms with E-state index in [1.54, 1.807) is 24.3 Å². The number of aliphatic hydroxyl groups excluding tert-OH is 1. The summed E-state index contributed by atoms with van der Waals surface area (Å²) in [5.41, 5.74) is 0.638. The topological polar surface area (TPSA) is 58.6 Å². The van der Waals surface area contributed by atoms with Crippen LogP contribution in [0.2, 0.25) is 0 Å². The van der Waals surface area contributed by atoms with Crippen LogP contribution in [0.15, 0.2) is 42.5 Å². The van der Waals surface area contributed by atoms with Crippen molar-refractivity contribution in [1.82, 2.24) is 5.32 Å². The Balaban J connectivity index is 1.93. The maximum Gasteiger partial charge on any atom is 0.224 e. The summed E-state index contributed by atoms with van der Waals surface area (Å²) in [4.78, 5) is 11.9. The van der Waals surface area contributed by atoms with E-state index in [1.165, 1.54) is 7.11 Å². The fourth-order valence-corrected chi connectivity index (χ4v) is 2.18. The quantitative estimate of drug-likeness (QED) is 0.859. The molecule has 1 amide bonds. The molecular formula is C17H17F2NO3. The highest BCUT2D eigenvalue weighted by atomic mass is 19.1. The maximum absolute atomic E-state index is 13.5. The maximum atomic E-state index is 13.5.